The zero-order valence-corrected chi connectivity index (χ0v) is 6.21. The first kappa shape index (κ1) is 9.46. The normalized spacial score (nSPS) is 6.00. The zero-order chi connectivity index (χ0) is 3.41. The standard InChI is InChI=1S/C2H5ClO.Zr/c1-2-4-3;/h2H2,1H3;. The molecular formula is C2H5ClOZr. The largest absolute Gasteiger partial charge is 0.280 e. The van der Waals surface area contributed by atoms with Gasteiger partial charge >= 0.3 is 0 Å². The van der Waals surface area contributed by atoms with Crippen LogP contribution in [0.1, 0.15) is 6.92 Å². The van der Waals surface area contributed by atoms with Crippen LogP contribution in [-0.4, -0.2) is 6.61 Å². The zero-order valence-electron chi connectivity index (χ0n) is 2.99. The number of hydrogen-bond acceptors (Lipinski definition) is 1. The van der Waals surface area contributed by atoms with Crippen LogP contribution in [0.2, 0.25) is 0 Å². The molecule has 0 aliphatic heterocycles. The minimum Gasteiger partial charge on any atom is -0.280 e. The molecule has 5 heavy (non-hydrogen) atoms. The Morgan fingerprint density at radius 2 is 2.00 bits per heavy atom. The van der Waals surface area contributed by atoms with Crippen molar-refractivity contribution in [2.45, 2.75) is 6.92 Å². The van der Waals surface area contributed by atoms with E-state index in [0.29, 0.717) is 6.61 Å². The van der Waals surface area contributed by atoms with Gasteiger partial charge in [0.25, 0.3) is 0 Å². The molecule has 0 aromatic heterocycles. The van der Waals surface area contributed by atoms with Crippen molar-refractivity contribution in [1.82, 2.24) is 0 Å². The molecule has 0 fully saturated rings. The molecule has 0 spiro atoms. The van der Waals surface area contributed by atoms with E-state index in [1.54, 1.807) is 0 Å². The molecule has 0 aromatic carbocycles. The van der Waals surface area contributed by atoms with E-state index in [2.05, 4.69) is 16.2 Å². The molecule has 0 amide bonds. The molecule has 0 heterocycles. The third-order valence-electron chi connectivity index (χ3n) is 0.109. The predicted molar refractivity (Wildman–Crippen MR) is 17.5 cm³/mol. The average molecular weight is 172 g/mol. The Kier molecular flexibility index (Phi) is 16.9. The van der Waals surface area contributed by atoms with Crippen LogP contribution in [0.5, 0.6) is 0 Å². The third kappa shape index (κ3) is 11.1. The van der Waals surface area contributed by atoms with E-state index in [0.717, 1.165) is 0 Å². The first-order chi connectivity index (χ1) is 1.91. The Hall–Kier alpha value is 1.13. The summed E-state index contributed by atoms with van der Waals surface area (Å²) in [4.78, 5) is 0. The van der Waals surface area contributed by atoms with E-state index in [1.165, 1.54) is 0 Å². The summed E-state index contributed by atoms with van der Waals surface area (Å²) < 4.78 is 4.01. The van der Waals surface area contributed by atoms with Gasteiger partial charge in [0.05, 0.1) is 18.5 Å². The maximum absolute atomic E-state index is 4.69. The predicted octanol–water partition coefficient (Wildman–Crippen LogP) is 1.17. The second kappa shape index (κ2) is 8.93. The molecule has 0 unspecified atom stereocenters. The van der Waals surface area contributed by atoms with E-state index in [9.17, 15) is 0 Å². The summed E-state index contributed by atoms with van der Waals surface area (Å²) in [5.41, 5.74) is 0. The Labute approximate surface area is 55.9 Å². The molecule has 0 saturated heterocycles. The Balaban J connectivity index is 0. The molecule has 0 atom stereocenters. The summed E-state index contributed by atoms with van der Waals surface area (Å²) in [7, 11) is 0. The van der Waals surface area contributed by atoms with Crippen molar-refractivity contribution in [1.29, 1.82) is 0 Å². The fourth-order valence-electron chi connectivity index (χ4n) is 0. The molecule has 1 nitrogen and oxygen atoms in total. The van der Waals surface area contributed by atoms with Crippen molar-refractivity contribution in [2.24, 2.45) is 0 Å². The van der Waals surface area contributed by atoms with Gasteiger partial charge in [0.1, 0.15) is 0 Å². The van der Waals surface area contributed by atoms with E-state index in [4.69, 9.17) is 0 Å². The molecule has 0 aliphatic rings. The SMILES string of the molecule is CCOCl.[Zr]. The van der Waals surface area contributed by atoms with Crippen LogP contribution in [-0.2, 0) is 30.5 Å². The summed E-state index contributed by atoms with van der Waals surface area (Å²) >= 11 is 4.69. The van der Waals surface area contributed by atoms with Crippen LogP contribution in [0.4, 0.5) is 0 Å². The molecule has 0 aliphatic carbocycles. The second-order valence-electron chi connectivity index (χ2n) is 0.398. The monoisotopic (exact) mass is 170 g/mol. The van der Waals surface area contributed by atoms with Crippen molar-refractivity contribution >= 4 is 11.9 Å². The summed E-state index contributed by atoms with van der Waals surface area (Å²) in [5.74, 6) is 0. The van der Waals surface area contributed by atoms with Gasteiger partial charge in [-0.2, -0.15) is 0 Å². The third-order valence-corrected chi connectivity index (χ3v) is 0.327. The topological polar surface area (TPSA) is 9.23 Å². The molecule has 3 heteroatoms. The van der Waals surface area contributed by atoms with Crippen molar-refractivity contribution in [3.05, 3.63) is 0 Å². The van der Waals surface area contributed by atoms with Gasteiger partial charge in [0.2, 0.25) is 0 Å². The molecule has 0 rings (SSSR count). The van der Waals surface area contributed by atoms with E-state index >= 15 is 0 Å². The molecule has 0 aromatic rings. The van der Waals surface area contributed by atoms with Crippen LogP contribution in [0.15, 0.2) is 0 Å². The van der Waals surface area contributed by atoms with Crippen LogP contribution in [0.25, 0.3) is 0 Å². The minimum atomic E-state index is 0. The van der Waals surface area contributed by atoms with Gasteiger partial charge in [-0.25, -0.2) is 0 Å². The van der Waals surface area contributed by atoms with Crippen molar-refractivity contribution in [2.75, 3.05) is 6.61 Å². The van der Waals surface area contributed by atoms with Crippen LogP contribution in [0.3, 0.4) is 0 Å². The molecule has 0 N–H and O–H groups in total. The van der Waals surface area contributed by atoms with Gasteiger partial charge in [-0.1, -0.05) is 0 Å². The summed E-state index contributed by atoms with van der Waals surface area (Å²) in [5, 5.41) is 0. The molecule has 0 saturated carbocycles. The van der Waals surface area contributed by atoms with E-state index in [-0.39, 0.29) is 26.2 Å². The van der Waals surface area contributed by atoms with Gasteiger partial charge in [0.15, 0.2) is 0 Å². The summed E-state index contributed by atoms with van der Waals surface area (Å²) in [6.07, 6.45) is 0. The Morgan fingerprint density at radius 1 is 1.80 bits per heavy atom. The van der Waals surface area contributed by atoms with Crippen LogP contribution in [0, 0.1) is 0 Å². The molecule has 0 bridgehead atoms. The fraction of sp³-hybridized carbons (Fsp3) is 1.00. The maximum Gasteiger partial charge on any atom is 0.0654 e. The molecular weight excluding hydrogens is 167 g/mol. The first-order valence-corrected chi connectivity index (χ1v) is 1.46. The minimum absolute atomic E-state index is 0. The van der Waals surface area contributed by atoms with Gasteiger partial charge < -0.3 is 0 Å². The maximum atomic E-state index is 4.69. The molecule has 0 radical (unpaired) electrons. The quantitative estimate of drug-likeness (QED) is 0.576. The number of rotatable bonds is 1. The second-order valence-corrected chi connectivity index (χ2v) is 0.616. The average Bonchev–Trinajstić information content (AvgIpc) is 1.37. The van der Waals surface area contributed by atoms with E-state index < -0.39 is 0 Å². The van der Waals surface area contributed by atoms with Gasteiger partial charge in [0, 0.05) is 26.2 Å². The first-order valence-electron chi connectivity index (χ1n) is 1.15. The summed E-state index contributed by atoms with van der Waals surface area (Å²) in [6, 6.07) is 0. The van der Waals surface area contributed by atoms with Gasteiger partial charge in [-0.05, 0) is 6.92 Å². The number of hydrogen-bond donors (Lipinski definition) is 0. The Morgan fingerprint density at radius 3 is 2.00 bits per heavy atom. The fourth-order valence-corrected chi connectivity index (χ4v) is 0. The van der Waals surface area contributed by atoms with Gasteiger partial charge in [-0.15, -0.1) is 0 Å². The number of halogens is 1. The van der Waals surface area contributed by atoms with Crippen molar-refractivity contribution in [3.8, 4) is 0 Å². The van der Waals surface area contributed by atoms with E-state index in [1.807, 2.05) is 6.92 Å². The molecule has 30 valence electrons. The van der Waals surface area contributed by atoms with Crippen LogP contribution >= 0.6 is 11.9 Å². The smallest absolute Gasteiger partial charge is 0.0654 e. The Bertz CT molecular complexity index is 11.6. The van der Waals surface area contributed by atoms with Gasteiger partial charge in [-0.3, -0.25) is 4.29 Å². The van der Waals surface area contributed by atoms with Crippen molar-refractivity contribution in [3.63, 3.8) is 0 Å². The van der Waals surface area contributed by atoms with Crippen LogP contribution < -0.4 is 0 Å². The summed E-state index contributed by atoms with van der Waals surface area (Å²) in [6.45, 7) is 2.41. The van der Waals surface area contributed by atoms with Crippen molar-refractivity contribution < 1.29 is 30.5 Å².